The Balaban J connectivity index is 1.71. The summed E-state index contributed by atoms with van der Waals surface area (Å²) in [7, 11) is 0. The Bertz CT molecular complexity index is 951. The molecule has 27 heavy (non-hydrogen) atoms. The largest absolute Gasteiger partial charge is 0.346 e. The molecular formula is C21H20N4O2. The number of pyridine rings is 2. The van der Waals surface area contributed by atoms with Crippen LogP contribution in [0.2, 0.25) is 0 Å². The number of hydrogen-bond acceptors (Lipinski definition) is 4. The summed E-state index contributed by atoms with van der Waals surface area (Å²) in [4.78, 5) is 33.1. The molecule has 0 radical (unpaired) electrons. The van der Waals surface area contributed by atoms with E-state index >= 15 is 0 Å². The van der Waals surface area contributed by atoms with Crippen LogP contribution in [-0.4, -0.2) is 21.8 Å². The maximum absolute atomic E-state index is 12.6. The van der Waals surface area contributed by atoms with Gasteiger partial charge in [-0.1, -0.05) is 24.3 Å². The molecule has 6 heteroatoms. The lowest BCUT2D eigenvalue weighted by Crippen LogP contribution is -2.24. The van der Waals surface area contributed by atoms with Crippen molar-refractivity contribution in [2.75, 3.05) is 5.32 Å². The normalized spacial score (nSPS) is 10.3. The van der Waals surface area contributed by atoms with E-state index < -0.39 is 0 Å². The topological polar surface area (TPSA) is 84.0 Å². The van der Waals surface area contributed by atoms with Crippen molar-refractivity contribution in [1.82, 2.24) is 15.3 Å². The van der Waals surface area contributed by atoms with Crippen LogP contribution in [0.1, 0.15) is 37.5 Å². The van der Waals surface area contributed by atoms with Crippen LogP contribution in [0.5, 0.6) is 0 Å². The first kappa shape index (κ1) is 18.3. The second-order valence-corrected chi connectivity index (χ2v) is 6.19. The molecule has 2 heterocycles. The van der Waals surface area contributed by atoms with Crippen LogP contribution in [0.15, 0.2) is 61.1 Å². The average molecular weight is 360 g/mol. The number of nitrogens with one attached hydrogen (secondary N) is 2. The molecule has 0 fully saturated rings. The first-order chi connectivity index (χ1) is 13.0. The monoisotopic (exact) mass is 360 g/mol. The second-order valence-electron chi connectivity index (χ2n) is 6.19. The van der Waals surface area contributed by atoms with E-state index in [9.17, 15) is 9.59 Å². The number of aromatic nitrogens is 2. The van der Waals surface area contributed by atoms with Gasteiger partial charge in [0.1, 0.15) is 0 Å². The van der Waals surface area contributed by atoms with Gasteiger partial charge in [0.25, 0.3) is 11.8 Å². The number of aryl methyl sites for hydroxylation is 2. The Kier molecular flexibility index (Phi) is 5.56. The van der Waals surface area contributed by atoms with Crippen molar-refractivity contribution in [1.29, 1.82) is 0 Å². The Labute approximate surface area is 157 Å². The Morgan fingerprint density at radius 1 is 0.926 bits per heavy atom. The Morgan fingerprint density at radius 2 is 1.63 bits per heavy atom. The maximum Gasteiger partial charge on any atom is 0.257 e. The highest BCUT2D eigenvalue weighted by atomic mass is 16.2. The van der Waals surface area contributed by atoms with Crippen LogP contribution in [0.25, 0.3) is 0 Å². The highest BCUT2D eigenvalue weighted by molar-refractivity contribution is 6.06. The first-order valence-corrected chi connectivity index (χ1v) is 8.55. The Hall–Kier alpha value is -3.54. The zero-order valence-corrected chi connectivity index (χ0v) is 15.2. The minimum absolute atomic E-state index is 0.304. The van der Waals surface area contributed by atoms with E-state index in [1.807, 2.05) is 50.2 Å². The fourth-order valence-electron chi connectivity index (χ4n) is 2.66. The number of hydrogen-bond donors (Lipinski definition) is 2. The van der Waals surface area contributed by atoms with Gasteiger partial charge in [0.05, 0.1) is 23.4 Å². The predicted octanol–water partition coefficient (Wildman–Crippen LogP) is 3.28. The molecule has 0 unspecified atom stereocenters. The van der Waals surface area contributed by atoms with E-state index in [1.165, 1.54) is 18.5 Å². The van der Waals surface area contributed by atoms with E-state index in [1.54, 1.807) is 6.20 Å². The minimum Gasteiger partial charge on any atom is -0.346 e. The zero-order valence-electron chi connectivity index (χ0n) is 15.2. The lowest BCUT2D eigenvalue weighted by molar-refractivity contribution is 0.0950. The molecule has 0 atom stereocenters. The van der Waals surface area contributed by atoms with E-state index in [4.69, 9.17) is 0 Å². The molecule has 136 valence electrons. The maximum atomic E-state index is 12.6. The predicted molar refractivity (Wildman–Crippen MR) is 104 cm³/mol. The van der Waals surface area contributed by atoms with Crippen molar-refractivity contribution in [3.63, 3.8) is 0 Å². The van der Waals surface area contributed by atoms with Crippen LogP contribution < -0.4 is 10.6 Å². The molecule has 1 aromatic carbocycles. The SMILES string of the molecule is Cc1cccc(C)c1NC(=O)c1cncc(C(=O)NCc2ccccn2)c1. The van der Waals surface area contributed by atoms with Gasteiger partial charge in [-0.15, -0.1) is 0 Å². The summed E-state index contributed by atoms with van der Waals surface area (Å²) < 4.78 is 0. The van der Waals surface area contributed by atoms with Gasteiger partial charge in [0.2, 0.25) is 0 Å². The molecule has 6 nitrogen and oxygen atoms in total. The van der Waals surface area contributed by atoms with Gasteiger partial charge in [0, 0.05) is 24.3 Å². The van der Waals surface area contributed by atoms with Crippen LogP contribution in [0, 0.1) is 13.8 Å². The number of carbonyl (C=O) groups is 2. The molecule has 0 aliphatic heterocycles. The third-order valence-corrected chi connectivity index (χ3v) is 4.14. The van der Waals surface area contributed by atoms with Crippen molar-refractivity contribution in [3.8, 4) is 0 Å². The highest BCUT2D eigenvalue weighted by Crippen LogP contribution is 2.20. The summed E-state index contributed by atoms with van der Waals surface area (Å²) in [6.07, 6.45) is 4.55. The van der Waals surface area contributed by atoms with Gasteiger partial charge in [-0.05, 0) is 43.2 Å². The van der Waals surface area contributed by atoms with Crippen molar-refractivity contribution in [2.24, 2.45) is 0 Å². The van der Waals surface area contributed by atoms with Crippen molar-refractivity contribution >= 4 is 17.5 Å². The van der Waals surface area contributed by atoms with Crippen LogP contribution in [0.3, 0.4) is 0 Å². The van der Waals surface area contributed by atoms with Gasteiger partial charge >= 0.3 is 0 Å². The number of nitrogens with zero attached hydrogens (tertiary/aromatic N) is 2. The molecule has 0 saturated heterocycles. The number of carbonyl (C=O) groups excluding carboxylic acids is 2. The van der Waals surface area contributed by atoms with Crippen molar-refractivity contribution in [2.45, 2.75) is 20.4 Å². The van der Waals surface area contributed by atoms with E-state index in [0.717, 1.165) is 22.5 Å². The number of rotatable bonds is 5. The molecule has 2 amide bonds. The average Bonchev–Trinajstić information content (AvgIpc) is 2.70. The molecule has 0 aliphatic rings. The highest BCUT2D eigenvalue weighted by Gasteiger charge is 2.13. The van der Waals surface area contributed by atoms with Crippen LogP contribution in [-0.2, 0) is 6.54 Å². The standard InChI is InChI=1S/C21H20N4O2/c1-14-6-5-7-15(2)19(14)25-21(27)17-10-16(11-22-12-17)20(26)24-13-18-8-3-4-9-23-18/h3-12H,13H2,1-2H3,(H,24,26)(H,25,27). The van der Waals surface area contributed by atoms with Crippen LogP contribution in [0.4, 0.5) is 5.69 Å². The van der Waals surface area contributed by atoms with Gasteiger partial charge in [-0.25, -0.2) is 0 Å². The molecule has 0 spiro atoms. The number of anilines is 1. The lowest BCUT2D eigenvalue weighted by Gasteiger charge is -2.12. The molecule has 2 N–H and O–H groups in total. The fourth-order valence-corrected chi connectivity index (χ4v) is 2.66. The second kappa shape index (κ2) is 8.23. The smallest absolute Gasteiger partial charge is 0.257 e. The quantitative estimate of drug-likeness (QED) is 0.731. The number of para-hydroxylation sites is 1. The van der Waals surface area contributed by atoms with Gasteiger partial charge in [-0.2, -0.15) is 0 Å². The summed E-state index contributed by atoms with van der Waals surface area (Å²) in [6, 6.07) is 12.8. The van der Waals surface area contributed by atoms with E-state index in [2.05, 4.69) is 20.6 Å². The minimum atomic E-state index is -0.310. The summed E-state index contributed by atoms with van der Waals surface area (Å²) in [5, 5.41) is 5.67. The number of amides is 2. The molecule has 3 rings (SSSR count). The van der Waals surface area contributed by atoms with Crippen molar-refractivity contribution in [3.05, 3.63) is 89.0 Å². The van der Waals surface area contributed by atoms with Gasteiger partial charge < -0.3 is 10.6 Å². The zero-order chi connectivity index (χ0) is 19.2. The molecule has 0 aliphatic carbocycles. The first-order valence-electron chi connectivity index (χ1n) is 8.55. The lowest BCUT2D eigenvalue weighted by atomic mass is 10.1. The molecule has 0 bridgehead atoms. The van der Waals surface area contributed by atoms with Gasteiger partial charge in [-0.3, -0.25) is 19.6 Å². The third-order valence-electron chi connectivity index (χ3n) is 4.14. The molecular weight excluding hydrogens is 340 g/mol. The molecule has 0 saturated carbocycles. The molecule has 3 aromatic rings. The van der Waals surface area contributed by atoms with Crippen LogP contribution >= 0.6 is 0 Å². The van der Waals surface area contributed by atoms with E-state index in [0.29, 0.717) is 17.7 Å². The molecule has 2 aromatic heterocycles. The van der Waals surface area contributed by atoms with E-state index in [-0.39, 0.29) is 11.8 Å². The summed E-state index contributed by atoms with van der Waals surface area (Å²) in [5.74, 6) is -0.617. The Morgan fingerprint density at radius 3 is 2.30 bits per heavy atom. The summed E-state index contributed by atoms with van der Waals surface area (Å²) in [6.45, 7) is 4.17. The van der Waals surface area contributed by atoms with Crippen molar-refractivity contribution < 1.29 is 9.59 Å². The number of benzene rings is 1. The van der Waals surface area contributed by atoms with Gasteiger partial charge in [0.15, 0.2) is 0 Å². The summed E-state index contributed by atoms with van der Waals surface area (Å²) in [5.41, 5.74) is 4.11. The summed E-state index contributed by atoms with van der Waals surface area (Å²) >= 11 is 0. The fraction of sp³-hybridized carbons (Fsp3) is 0.143. The third kappa shape index (κ3) is 4.55.